The quantitative estimate of drug-likeness (QED) is 0.665. The van der Waals surface area contributed by atoms with Gasteiger partial charge in [0.05, 0.1) is 6.04 Å². The molecule has 2 atom stereocenters. The Morgan fingerprint density at radius 2 is 2.11 bits per heavy atom. The van der Waals surface area contributed by atoms with Crippen molar-refractivity contribution in [2.45, 2.75) is 57.2 Å². The Morgan fingerprint density at radius 3 is 2.85 bits per heavy atom. The van der Waals surface area contributed by atoms with Crippen LogP contribution in [0.3, 0.4) is 0 Å². The summed E-state index contributed by atoms with van der Waals surface area (Å²) in [5.74, 6) is 0.888. The Hall–Kier alpha value is -0.930. The van der Waals surface area contributed by atoms with E-state index in [-0.39, 0.29) is 18.1 Å². The summed E-state index contributed by atoms with van der Waals surface area (Å²) < 4.78 is 7.17. The second-order valence-electron chi connectivity index (χ2n) is 8.01. The molecule has 0 bridgehead atoms. The maximum Gasteiger partial charge on any atom is 0.239 e. The van der Waals surface area contributed by atoms with Gasteiger partial charge in [-0.05, 0) is 54.3 Å². The third-order valence-corrected chi connectivity index (χ3v) is 7.28. The molecule has 27 heavy (non-hydrogen) atoms. The Labute approximate surface area is 175 Å². The van der Waals surface area contributed by atoms with Crippen LogP contribution in [0, 0.1) is 10.5 Å². The van der Waals surface area contributed by atoms with Gasteiger partial charge >= 0.3 is 0 Å². The number of pyridine rings is 1. The van der Waals surface area contributed by atoms with Crippen LogP contribution in [-0.2, 0) is 4.79 Å². The van der Waals surface area contributed by atoms with E-state index in [0.717, 1.165) is 47.8 Å². The molecule has 0 unspecified atom stereocenters. The van der Waals surface area contributed by atoms with Crippen LogP contribution in [0.4, 0.5) is 0 Å². The lowest BCUT2D eigenvalue weighted by Gasteiger charge is -2.36. The van der Waals surface area contributed by atoms with Crippen molar-refractivity contribution in [2.75, 3.05) is 32.7 Å². The first-order chi connectivity index (χ1) is 13.1. The minimum absolute atomic E-state index is 0.00316. The van der Waals surface area contributed by atoms with Gasteiger partial charge < -0.3 is 15.0 Å². The van der Waals surface area contributed by atoms with E-state index in [0.29, 0.717) is 18.8 Å². The molecule has 3 aliphatic rings. The Morgan fingerprint density at radius 1 is 1.26 bits per heavy atom. The van der Waals surface area contributed by atoms with Gasteiger partial charge in [0.15, 0.2) is 0 Å². The highest BCUT2D eigenvalue weighted by Crippen LogP contribution is 2.26. The fourth-order valence-electron chi connectivity index (χ4n) is 4.19. The molecule has 0 aromatic carbocycles. The molecule has 3 fully saturated rings. The van der Waals surface area contributed by atoms with Crippen molar-refractivity contribution >= 4 is 28.5 Å². The summed E-state index contributed by atoms with van der Waals surface area (Å²) in [4.78, 5) is 22.0. The normalized spacial score (nSPS) is 27.3. The van der Waals surface area contributed by atoms with E-state index in [4.69, 9.17) is 4.74 Å². The summed E-state index contributed by atoms with van der Waals surface area (Å²) >= 11 is 2.30. The molecule has 148 valence electrons. The van der Waals surface area contributed by atoms with E-state index in [1.54, 1.807) is 0 Å². The highest BCUT2D eigenvalue weighted by Gasteiger charge is 2.35. The largest absolute Gasteiger partial charge is 0.473 e. The van der Waals surface area contributed by atoms with Gasteiger partial charge in [0.2, 0.25) is 11.8 Å². The number of ether oxygens (including phenoxy) is 1. The van der Waals surface area contributed by atoms with Crippen LogP contribution in [0.15, 0.2) is 12.3 Å². The highest BCUT2D eigenvalue weighted by molar-refractivity contribution is 14.1. The fraction of sp³-hybridized carbons (Fsp3) is 0.700. The van der Waals surface area contributed by atoms with Gasteiger partial charge in [-0.2, -0.15) is 0 Å². The molecule has 0 spiro atoms. The average molecular weight is 484 g/mol. The number of hydrogen-bond donors (Lipinski definition) is 1. The monoisotopic (exact) mass is 484 g/mol. The number of nitrogens with zero attached hydrogens (tertiary/aromatic N) is 3. The lowest BCUT2D eigenvalue weighted by atomic mass is 9.91. The number of rotatable bonds is 4. The van der Waals surface area contributed by atoms with Gasteiger partial charge in [0.1, 0.15) is 6.10 Å². The molecular weight excluding hydrogens is 455 g/mol. The standard InChI is InChI=1S/C20H29IN4O2/c1-14-12-23-19(11-17(14)21)27-16-10-18(22-13-16)20(26)25-7-3-6-24(8-9-25)15-4-2-5-15/h11-12,15-16,18,22H,2-10,13H2,1H3/t16-,18+/m0/s1. The van der Waals surface area contributed by atoms with E-state index in [9.17, 15) is 4.79 Å². The topological polar surface area (TPSA) is 57.7 Å². The highest BCUT2D eigenvalue weighted by atomic mass is 127. The molecular formula is C20H29IN4O2. The molecule has 3 heterocycles. The smallest absolute Gasteiger partial charge is 0.239 e. The van der Waals surface area contributed by atoms with Gasteiger partial charge in [0.25, 0.3) is 0 Å². The number of nitrogens with one attached hydrogen (secondary N) is 1. The molecule has 4 rings (SSSR count). The van der Waals surface area contributed by atoms with E-state index in [1.807, 2.05) is 19.2 Å². The Bertz CT molecular complexity index is 682. The van der Waals surface area contributed by atoms with Crippen LogP contribution in [-0.4, -0.2) is 71.6 Å². The number of amides is 1. The molecule has 1 amide bonds. The molecule has 0 radical (unpaired) electrons. The first kappa shape index (κ1) is 19.4. The predicted octanol–water partition coefficient (Wildman–Crippen LogP) is 2.19. The van der Waals surface area contributed by atoms with E-state index in [1.165, 1.54) is 19.3 Å². The van der Waals surface area contributed by atoms with Crippen LogP contribution in [0.5, 0.6) is 5.88 Å². The van der Waals surface area contributed by atoms with Gasteiger partial charge in [-0.25, -0.2) is 4.98 Å². The van der Waals surface area contributed by atoms with Gasteiger partial charge in [-0.3, -0.25) is 9.69 Å². The third-order valence-electron chi connectivity index (χ3n) is 6.12. The SMILES string of the molecule is Cc1cnc(O[C@@H]2CN[C@@H](C(=O)N3CCCN(C4CCC4)CC3)C2)cc1I. The maximum absolute atomic E-state index is 13.0. The van der Waals surface area contributed by atoms with Gasteiger partial charge in [-0.15, -0.1) is 0 Å². The minimum Gasteiger partial charge on any atom is -0.473 e. The molecule has 1 aliphatic carbocycles. The van der Waals surface area contributed by atoms with Crippen molar-refractivity contribution in [1.82, 2.24) is 20.1 Å². The number of carbonyl (C=O) groups excluding carboxylic acids is 1. The van der Waals surface area contributed by atoms with Gasteiger partial charge in [-0.1, -0.05) is 6.42 Å². The number of carbonyl (C=O) groups is 1. The minimum atomic E-state index is -0.130. The first-order valence-electron chi connectivity index (χ1n) is 10.1. The van der Waals surface area contributed by atoms with Gasteiger partial charge in [0, 0.05) is 61.0 Å². The summed E-state index contributed by atoms with van der Waals surface area (Å²) in [5, 5.41) is 3.37. The molecule has 1 saturated carbocycles. The van der Waals surface area contributed by atoms with Crippen LogP contribution in [0.1, 0.15) is 37.7 Å². The summed E-state index contributed by atoms with van der Waals surface area (Å²) in [5.41, 5.74) is 1.15. The van der Waals surface area contributed by atoms with Crippen LogP contribution >= 0.6 is 22.6 Å². The maximum atomic E-state index is 13.0. The third kappa shape index (κ3) is 4.56. The molecule has 2 aliphatic heterocycles. The second-order valence-corrected chi connectivity index (χ2v) is 9.17. The summed E-state index contributed by atoms with van der Waals surface area (Å²) in [6.45, 7) is 6.63. The van der Waals surface area contributed by atoms with Crippen molar-refractivity contribution < 1.29 is 9.53 Å². The number of aromatic nitrogens is 1. The number of halogens is 1. The molecule has 1 aromatic rings. The van der Waals surface area contributed by atoms with E-state index < -0.39 is 0 Å². The van der Waals surface area contributed by atoms with Crippen molar-refractivity contribution in [3.05, 3.63) is 21.4 Å². The molecule has 1 N–H and O–H groups in total. The first-order valence-corrected chi connectivity index (χ1v) is 11.2. The fourth-order valence-corrected chi connectivity index (χ4v) is 4.60. The van der Waals surface area contributed by atoms with Crippen molar-refractivity contribution in [3.8, 4) is 5.88 Å². The summed E-state index contributed by atoms with van der Waals surface area (Å²) in [7, 11) is 0. The van der Waals surface area contributed by atoms with E-state index >= 15 is 0 Å². The van der Waals surface area contributed by atoms with Crippen LogP contribution in [0.2, 0.25) is 0 Å². The number of hydrogen-bond acceptors (Lipinski definition) is 5. The van der Waals surface area contributed by atoms with E-state index in [2.05, 4.69) is 42.7 Å². The number of aryl methyl sites for hydroxylation is 1. The van der Waals surface area contributed by atoms with Crippen LogP contribution < -0.4 is 10.1 Å². The average Bonchev–Trinajstić information content (AvgIpc) is 2.94. The van der Waals surface area contributed by atoms with Crippen molar-refractivity contribution in [2.24, 2.45) is 0 Å². The zero-order valence-corrected chi connectivity index (χ0v) is 18.2. The zero-order chi connectivity index (χ0) is 18.8. The summed E-state index contributed by atoms with van der Waals surface area (Å²) in [6, 6.07) is 2.61. The van der Waals surface area contributed by atoms with Crippen LogP contribution in [0.25, 0.3) is 0 Å². The lowest BCUT2D eigenvalue weighted by Crippen LogP contribution is -2.46. The molecule has 7 heteroatoms. The Kier molecular flexibility index (Phi) is 6.18. The Balaban J connectivity index is 1.28. The molecule has 2 saturated heterocycles. The predicted molar refractivity (Wildman–Crippen MR) is 113 cm³/mol. The van der Waals surface area contributed by atoms with Crippen molar-refractivity contribution in [3.63, 3.8) is 0 Å². The summed E-state index contributed by atoms with van der Waals surface area (Å²) in [6.07, 6.45) is 7.68. The molecule has 1 aromatic heterocycles. The lowest BCUT2D eigenvalue weighted by molar-refractivity contribution is -0.133. The van der Waals surface area contributed by atoms with Crippen molar-refractivity contribution in [1.29, 1.82) is 0 Å². The zero-order valence-electron chi connectivity index (χ0n) is 16.0. The molecule has 6 nitrogen and oxygen atoms in total. The second kappa shape index (κ2) is 8.61.